The summed E-state index contributed by atoms with van der Waals surface area (Å²) in [5, 5.41) is 6.76. The molecule has 3 heteroatoms. The van der Waals surface area contributed by atoms with E-state index in [0.717, 1.165) is 11.2 Å². The Balaban J connectivity index is 1.86. The van der Waals surface area contributed by atoms with Crippen LogP contribution in [0.2, 0.25) is 0 Å². The lowest BCUT2D eigenvalue weighted by Gasteiger charge is -2.13. The standard InChI is InChI=1S/C15H14N2S/c1-11(15-7-4-8-18-15)17-13-9-12-5-2-3-6-14(12)16-10-13/h2-11,17H,1H3. The molecule has 1 aromatic carbocycles. The van der Waals surface area contributed by atoms with Crippen LogP contribution in [0.3, 0.4) is 0 Å². The minimum atomic E-state index is 0.313. The van der Waals surface area contributed by atoms with Gasteiger partial charge in [-0.2, -0.15) is 0 Å². The monoisotopic (exact) mass is 254 g/mol. The number of hydrogen-bond donors (Lipinski definition) is 1. The van der Waals surface area contributed by atoms with Crippen molar-refractivity contribution in [2.75, 3.05) is 5.32 Å². The normalized spacial score (nSPS) is 12.5. The summed E-state index contributed by atoms with van der Waals surface area (Å²) < 4.78 is 0. The molecule has 2 nitrogen and oxygen atoms in total. The second kappa shape index (κ2) is 4.78. The zero-order valence-electron chi connectivity index (χ0n) is 10.1. The van der Waals surface area contributed by atoms with Crippen LogP contribution in [0.4, 0.5) is 5.69 Å². The number of para-hydroxylation sites is 1. The first-order chi connectivity index (χ1) is 8.83. The molecule has 2 aromatic heterocycles. The molecular weight excluding hydrogens is 240 g/mol. The van der Waals surface area contributed by atoms with Gasteiger partial charge < -0.3 is 5.32 Å². The maximum Gasteiger partial charge on any atom is 0.0703 e. The number of rotatable bonds is 3. The molecule has 18 heavy (non-hydrogen) atoms. The van der Waals surface area contributed by atoms with Crippen LogP contribution in [0, 0.1) is 0 Å². The molecule has 1 N–H and O–H groups in total. The lowest BCUT2D eigenvalue weighted by Crippen LogP contribution is -2.04. The van der Waals surface area contributed by atoms with E-state index in [-0.39, 0.29) is 0 Å². The van der Waals surface area contributed by atoms with Gasteiger partial charge in [0.1, 0.15) is 0 Å². The van der Waals surface area contributed by atoms with E-state index in [2.05, 4.69) is 46.9 Å². The highest BCUT2D eigenvalue weighted by atomic mass is 32.1. The van der Waals surface area contributed by atoms with Gasteiger partial charge in [0.25, 0.3) is 0 Å². The Hall–Kier alpha value is -1.87. The number of thiophene rings is 1. The van der Waals surface area contributed by atoms with Crippen LogP contribution in [0.15, 0.2) is 54.0 Å². The molecule has 3 aromatic rings. The summed E-state index contributed by atoms with van der Waals surface area (Å²) in [7, 11) is 0. The third kappa shape index (κ3) is 2.22. The molecule has 3 rings (SSSR count). The zero-order valence-corrected chi connectivity index (χ0v) is 10.9. The molecule has 0 saturated carbocycles. The van der Waals surface area contributed by atoms with E-state index in [0.29, 0.717) is 6.04 Å². The smallest absolute Gasteiger partial charge is 0.0703 e. The first-order valence-electron chi connectivity index (χ1n) is 5.98. The fourth-order valence-corrected chi connectivity index (χ4v) is 2.74. The van der Waals surface area contributed by atoms with Crippen LogP contribution < -0.4 is 5.32 Å². The predicted molar refractivity (Wildman–Crippen MR) is 78.1 cm³/mol. The molecule has 0 bridgehead atoms. The Morgan fingerprint density at radius 3 is 2.89 bits per heavy atom. The Bertz CT molecular complexity index is 646. The highest BCUT2D eigenvalue weighted by molar-refractivity contribution is 7.10. The summed E-state index contributed by atoms with van der Waals surface area (Å²) >= 11 is 1.77. The van der Waals surface area contributed by atoms with Crippen molar-refractivity contribution in [3.8, 4) is 0 Å². The van der Waals surface area contributed by atoms with E-state index in [9.17, 15) is 0 Å². The lowest BCUT2D eigenvalue weighted by molar-refractivity contribution is 0.907. The minimum absolute atomic E-state index is 0.313. The van der Waals surface area contributed by atoms with E-state index >= 15 is 0 Å². The van der Waals surface area contributed by atoms with Crippen LogP contribution in [0.5, 0.6) is 0 Å². The molecule has 0 aliphatic carbocycles. The van der Waals surface area contributed by atoms with Gasteiger partial charge in [-0.05, 0) is 30.5 Å². The van der Waals surface area contributed by atoms with Gasteiger partial charge in [0.15, 0.2) is 0 Å². The van der Waals surface area contributed by atoms with Gasteiger partial charge >= 0.3 is 0 Å². The fraction of sp³-hybridized carbons (Fsp3) is 0.133. The van der Waals surface area contributed by atoms with Gasteiger partial charge in [-0.15, -0.1) is 11.3 Å². The number of hydrogen-bond acceptors (Lipinski definition) is 3. The maximum absolute atomic E-state index is 4.46. The van der Waals surface area contributed by atoms with Gasteiger partial charge in [-0.1, -0.05) is 24.3 Å². The van der Waals surface area contributed by atoms with Crippen molar-refractivity contribution in [2.45, 2.75) is 13.0 Å². The van der Waals surface area contributed by atoms with E-state index in [1.54, 1.807) is 11.3 Å². The second-order valence-corrected chi connectivity index (χ2v) is 5.28. The zero-order chi connectivity index (χ0) is 12.4. The summed E-state index contributed by atoms with van der Waals surface area (Å²) in [4.78, 5) is 5.79. The first kappa shape index (κ1) is 11.2. The molecule has 90 valence electrons. The molecule has 0 spiro atoms. The lowest BCUT2D eigenvalue weighted by atomic mass is 10.2. The Labute approximate surface area is 110 Å². The van der Waals surface area contributed by atoms with E-state index in [1.807, 2.05) is 24.4 Å². The largest absolute Gasteiger partial charge is 0.376 e. The number of aromatic nitrogens is 1. The van der Waals surface area contributed by atoms with Gasteiger partial charge in [-0.3, -0.25) is 4.98 Å². The van der Waals surface area contributed by atoms with Crippen LogP contribution in [0.25, 0.3) is 10.9 Å². The first-order valence-corrected chi connectivity index (χ1v) is 6.85. The molecule has 0 saturated heterocycles. The summed E-state index contributed by atoms with van der Waals surface area (Å²) in [6, 6.07) is 14.9. The number of benzene rings is 1. The van der Waals surface area contributed by atoms with Crippen LogP contribution in [-0.4, -0.2) is 4.98 Å². The fourth-order valence-electron chi connectivity index (χ4n) is 2.01. The molecule has 1 unspecified atom stereocenters. The quantitative estimate of drug-likeness (QED) is 0.746. The average molecular weight is 254 g/mol. The summed E-state index contributed by atoms with van der Waals surface area (Å²) in [5.41, 5.74) is 2.10. The highest BCUT2D eigenvalue weighted by Crippen LogP contribution is 2.24. The van der Waals surface area contributed by atoms with Gasteiger partial charge in [-0.25, -0.2) is 0 Å². The van der Waals surface area contributed by atoms with Crippen molar-refractivity contribution in [3.05, 3.63) is 58.9 Å². The van der Waals surface area contributed by atoms with Gasteiger partial charge in [0.05, 0.1) is 23.4 Å². The van der Waals surface area contributed by atoms with Gasteiger partial charge in [0.2, 0.25) is 0 Å². The third-order valence-corrected chi connectivity index (χ3v) is 4.00. The maximum atomic E-state index is 4.46. The molecule has 0 fully saturated rings. The van der Waals surface area contributed by atoms with Crippen LogP contribution >= 0.6 is 11.3 Å². The number of nitrogens with zero attached hydrogens (tertiary/aromatic N) is 1. The summed E-state index contributed by atoms with van der Waals surface area (Å²) in [6.07, 6.45) is 1.90. The summed E-state index contributed by atoms with van der Waals surface area (Å²) in [5.74, 6) is 0. The molecule has 2 heterocycles. The predicted octanol–water partition coefficient (Wildman–Crippen LogP) is 4.47. The average Bonchev–Trinajstić information content (AvgIpc) is 2.92. The topological polar surface area (TPSA) is 24.9 Å². The van der Waals surface area contributed by atoms with Crippen molar-refractivity contribution >= 4 is 27.9 Å². The molecule has 0 radical (unpaired) electrons. The van der Waals surface area contributed by atoms with Crippen molar-refractivity contribution in [1.29, 1.82) is 0 Å². The van der Waals surface area contributed by atoms with Crippen molar-refractivity contribution in [3.63, 3.8) is 0 Å². The number of anilines is 1. The molecule has 1 atom stereocenters. The number of nitrogens with one attached hydrogen (secondary N) is 1. The number of fused-ring (bicyclic) bond motifs is 1. The van der Waals surface area contributed by atoms with Crippen LogP contribution in [0.1, 0.15) is 17.8 Å². The van der Waals surface area contributed by atoms with Crippen LogP contribution in [-0.2, 0) is 0 Å². The Morgan fingerprint density at radius 2 is 2.06 bits per heavy atom. The molecule has 0 aliphatic rings. The third-order valence-electron chi connectivity index (χ3n) is 2.94. The Morgan fingerprint density at radius 1 is 1.17 bits per heavy atom. The number of pyridine rings is 1. The summed E-state index contributed by atoms with van der Waals surface area (Å²) in [6.45, 7) is 2.17. The van der Waals surface area contributed by atoms with Gasteiger partial charge in [0, 0.05) is 10.3 Å². The second-order valence-electron chi connectivity index (χ2n) is 4.30. The van der Waals surface area contributed by atoms with E-state index < -0.39 is 0 Å². The molecule has 0 amide bonds. The van der Waals surface area contributed by atoms with Crippen molar-refractivity contribution in [1.82, 2.24) is 4.98 Å². The minimum Gasteiger partial charge on any atom is -0.376 e. The van der Waals surface area contributed by atoms with Crippen molar-refractivity contribution < 1.29 is 0 Å². The SMILES string of the molecule is CC(Nc1cnc2ccccc2c1)c1cccs1. The molecular formula is C15H14N2S. The molecule has 0 aliphatic heterocycles. The van der Waals surface area contributed by atoms with E-state index in [4.69, 9.17) is 0 Å². The highest BCUT2D eigenvalue weighted by Gasteiger charge is 2.06. The van der Waals surface area contributed by atoms with E-state index in [1.165, 1.54) is 10.3 Å². The van der Waals surface area contributed by atoms with Crippen molar-refractivity contribution in [2.24, 2.45) is 0 Å². The Kier molecular flexibility index (Phi) is 2.99.